The maximum Gasteiger partial charge on any atom is 0.255 e. The Hall–Kier alpha value is -1.55. The van der Waals surface area contributed by atoms with Crippen molar-refractivity contribution in [1.82, 2.24) is 0 Å². The molecule has 0 saturated carbocycles. The molecule has 0 atom stereocenters. The number of nitrogens with two attached hydrogens (primary N) is 1. The molecule has 1 amide bonds. The molecule has 0 unspecified atom stereocenters. The topological polar surface area (TPSA) is 55.1 Å². The minimum Gasteiger partial charge on any atom is -0.330 e. The van der Waals surface area contributed by atoms with E-state index in [0.29, 0.717) is 27.8 Å². The molecule has 3 nitrogen and oxygen atoms in total. The fraction of sp³-hybridized carbons (Fsp3) is 0.133. The molecule has 2 rings (SSSR count). The fourth-order valence-electron chi connectivity index (χ4n) is 1.81. The summed E-state index contributed by atoms with van der Waals surface area (Å²) in [5, 5.41) is 3.64. The first kappa shape index (κ1) is 14.9. The summed E-state index contributed by atoms with van der Waals surface area (Å²) in [5.41, 5.74) is 7.74. The highest BCUT2D eigenvalue weighted by atomic mass is 35.5. The largest absolute Gasteiger partial charge is 0.330 e. The van der Waals surface area contributed by atoms with Crippen LogP contribution in [0.1, 0.15) is 15.9 Å². The molecule has 0 saturated heterocycles. The van der Waals surface area contributed by atoms with Crippen molar-refractivity contribution in [3.05, 3.63) is 63.6 Å². The first-order valence-corrected chi connectivity index (χ1v) is 6.91. The van der Waals surface area contributed by atoms with E-state index in [9.17, 15) is 4.79 Å². The van der Waals surface area contributed by atoms with Crippen LogP contribution in [0, 0.1) is 0 Å². The van der Waals surface area contributed by atoms with Crippen molar-refractivity contribution in [1.29, 1.82) is 0 Å². The summed E-state index contributed by atoms with van der Waals surface area (Å²) in [4.78, 5) is 12.1. The summed E-state index contributed by atoms with van der Waals surface area (Å²) in [5.74, 6) is -0.192. The fourth-order valence-corrected chi connectivity index (χ4v) is 2.11. The number of nitrogens with one attached hydrogen (secondary N) is 1. The number of carbonyl (C=O) groups excluding carboxylic acids is 1. The average molecular weight is 309 g/mol. The van der Waals surface area contributed by atoms with Gasteiger partial charge in [0.1, 0.15) is 0 Å². The van der Waals surface area contributed by atoms with Gasteiger partial charge in [0.25, 0.3) is 5.91 Å². The van der Waals surface area contributed by atoms with Gasteiger partial charge in [-0.1, -0.05) is 35.3 Å². The quantitative estimate of drug-likeness (QED) is 0.904. The lowest BCUT2D eigenvalue weighted by Crippen LogP contribution is -2.12. The molecule has 0 aliphatic heterocycles. The van der Waals surface area contributed by atoms with Crippen molar-refractivity contribution >= 4 is 34.8 Å². The van der Waals surface area contributed by atoms with Gasteiger partial charge in [0.05, 0.1) is 10.0 Å². The van der Waals surface area contributed by atoms with Gasteiger partial charge in [-0.25, -0.2) is 0 Å². The molecule has 104 valence electrons. The van der Waals surface area contributed by atoms with Crippen LogP contribution in [-0.4, -0.2) is 12.5 Å². The van der Waals surface area contributed by atoms with E-state index in [1.54, 1.807) is 24.3 Å². The van der Waals surface area contributed by atoms with E-state index in [0.717, 1.165) is 12.0 Å². The zero-order valence-corrected chi connectivity index (χ0v) is 12.2. The molecule has 3 N–H and O–H groups in total. The second-order valence-corrected chi connectivity index (χ2v) is 5.14. The monoisotopic (exact) mass is 308 g/mol. The Morgan fingerprint density at radius 2 is 1.90 bits per heavy atom. The highest BCUT2D eigenvalue weighted by Crippen LogP contribution is 2.25. The van der Waals surface area contributed by atoms with Gasteiger partial charge in [-0.05, 0) is 48.9 Å². The summed E-state index contributed by atoms with van der Waals surface area (Å²) in [6.07, 6.45) is 0.744. The van der Waals surface area contributed by atoms with E-state index >= 15 is 0 Å². The van der Waals surface area contributed by atoms with Gasteiger partial charge in [0.15, 0.2) is 0 Å². The van der Waals surface area contributed by atoms with E-state index < -0.39 is 0 Å². The van der Waals surface area contributed by atoms with Crippen LogP contribution in [0.15, 0.2) is 42.5 Å². The van der Waals surface area contributed by atoms with Crippen molar-refractivity contribution in [2.24, 2.45) is 5.73 Å². The van der Waals surface area contributed by atoms with Gasteiger partial charge in [0.2, 0.25) is 0 Å². The predicted octanol–water partition coefficient (Wildman–Crippen LogP) is 3.75. The van der Waals surface area contributed by atoms with Crippen LogP contribution >= 0.6 is 23.2 Å². The molecular weight excluding hydrogens is 295 g/mol. The number of hydrogen-bond acceptors (Lipinski definition) is 2. The summed E-state index contributed by atoms with van der Waals surface area (Å²) in [7, 11) is 0. The van der Waals surface area contributed by atoms with Crippen LogP contribution in [0.3, 0.4) is 0 Å². The Balaban J connectivity index is 2.15. The molecule has 20 heavy (non-hydrogen) atoms. The molecule has 0 bridgehead atoms. The third-order valence-corrected chi connectivity index (χ3v) is 3.54. The number of carbonyl (C=O) groups is 1. The lowest BCUT2D eigenvalue weighted by Gasteiger charge is -2.07. The van der Waals surface area contributed by atoms with E-state index in [4.69, 9.17) is 28.9 Å². The molecule has 0 radical (unpaired) electrons. The molecular formula is C15H14Cl2N2O. The minimum absolute atomic E-state index is 0.192. The number of halogens is 2. The summed E-state index contributed by atoms with van der Waals surface area (Å²) < 4.78 is 0. The van der Waals surface area contributed by atoms with Gasteiger partial charge in [-0.15, -0.1) is 0 Å². The van der Waals surface area contributed by atoms with Crippen molar-refractivity contribution in [3.63, 3.8) is 0 Å². The summed E-state index contributed by atoms with van der Waals surface area (Å²) >= 11 is 11.7. The van der Waals surface area contributed by atoms with Crippen LogP contribution in [-0.2, 0) is 6.42 Å². The maximum absolute atomic E-state index is 12.1. The zero-order chi connectivity index (χ0) is 14.5. The number of rotatable bonds is 4. The van der Waals surface area contributed by atoms with Crippen LogP contribution < -0.4 is 11.1 Å². The van der Waals surface area contributed by atoms with Crippen LogP contribution in [0.5, 0.6) is 0 Å². The van der Waals surface area contributed by atoms with Gasteiger partial charge < -0.3 is 11.1 Å². The van der Waals surface area contributed by atoms with E-state index in [1.165, 1.54) is 0 Å². The Bertz CT molecular complexity index is 629. The van der Waals surface area contributed by atoms with Crippen molar-refractivity contribution in [2.75, 3.05) is 11.9 Å². The lowest BCUT2D eigenvalue weighted by molar-refractivity contribution is 0.102. The van der Waals surface area contributed by atoms with E-state index in [2.05, 4.69) is 5.32 Å². The number of amides is 1. The first-order chi connectivity index (χ1) is 9.60. The Morgan fingerprint density at radius 1 is 1.10 bits per heavy atom. The second-order valence-electron chi connectivity index (χ2n) is 4.32. The molecule has 0 fully saturated rings. The van der Waals surface area contributed by atoms with E-state index in [1.807, 2.05) is 18.2 Å². The molecule has 0 heterocycles. The van der Waals surface area contributed by atoms with Gasteiger partial charge in [0, 0.05) is 11.3 Å². The summed E-state index contributed by atoms with van der Waals surface area (Å²) in [6.45, 7) is 0.553. The molecule has 2 aromatic rings. The molecule has 5 heteroatoms. The molecule has 0 aliphatic carbocycles. The highest BCUT2D eigenvalue weighted by Gasteiger charge is 2.08. The second kappa shape index (κ2) is 6.75. The van der Waals surface area contributed by atoms with Crippen LogP contribution in [0.4, 0.5) is 5.69 Å². The van der Waals surface area contributed by atoms with Crippen molar-refractivity contribution < 1.29 is 4.79 Å². The first-order valence-electron chi connectivity index (χ1n) is 6.15. The third kappa shape index (κ3) is 3.73. The molecule has 2 aromatic carbocycles. The van der Waals surface area contributed by atoms with Gasteiger partial charge in [-0.3, -0.25) is 4.79 Å². The highest BCUT2D eigenvalue weighted by molar-refractivity contribution is 6.42. The van der Waals surface area contributed by atoms with E-state index in [-0.39, 0.29) is 5.91 Å². The van der Waals surface area contributed by atoms with Gasteiger partial charge in [-0.2, -0.15) is 0 Å². The number of hydrogen-bond donors (Lipinski definition) is 2. The average Bonchev–Trinajstić information content (AvgIpc) is 2.43. The number of benzene rings is 2. The van der Waals surface area contributed by atoms with Crippen molar-refractivity contribution in [3.8, 4) is 0 Å². The minimum atomic E-state index is -0.192. The lowest BCUT2D eigenvalue weighted by atomic mass is 10.1. The third-order valence-electron chi connectivity index (χ3n) is 2.80. The SMILES string of the molecule is NCCc1cccc(C(=O)Nc2ccc(Cl)c(Cl)c2)c1. The molecule has 0 aromatic heterocycles. The predicted molar refractivity (Wildman–Crippen MR) is 83.6 cm³/mol. The molecule has 0 spiro atoms. The summed E-state index contributed by atoms with van der Waals surface area (Å²) in [6, 6.07) is 12.3. The Kier molecular flexibility index (Phi) is 5.01. The van der Waals surface area contributed by atoms with Crippen LogP contribution in [0.25, 0.3) is 0 Å². The maximum atomic E-state index is 12.1. The molecule has 0 aliphatic rings. The van der Waals surface area contributed by atoms with Gasteiger partial charge >= 0.3 is 0 Å². The number of anilines is 1. The van der Waals surface area contributed by atoms with Crippen molar-refractivity contribution in [2.45, 2.75) is 6.42 Å². The Morgan fingerprint density at radius 3 is 2.60 bits per heavy atom. The zero-order valence-electron chi connectivity index (χ0n) is 10.7. The standard InChI is InChI=1S/C15H14Cl2N2O/c16-13-5-4-12(9-14(13)17)19-15(20)11-3-1-2-10(8-11)6-7-18/h1-5,8-9H,6-7,18H2,(H,19,20). The Labute approximate surface area is 127 Å². The normalized spacial score (nSPS) is 10.3. The smallest absolute Gasteiger partial charge is 0.255 e. The van der Waals surface area contributed by atoms with Crippen LogP contribution in [0.2, 0.25) is 10.0 Å².